The lowest BCUT2D eigenvalue weighted by molar-refractivity contribution is -0.122. The molecule has 28 heavy (non-hydrogen) atoms. The number of hydrogen-bond donors (Lipinski definition) is 2. The Morgan fingerprint density at radius 3 is 2.39 bits per heavy atom. The van der Waals surface area contributed by atoms with Crippen molar-refractivity contribution in [3.05, 3.63) is 71.5 Å². The molecule has 0 heterocycles. The van der Waals surface area contributed by atoms with E-state index in [-0.39, 0.29) is 24.8 Å². The van der Waals surface area contributed by atoms with Crippen molar-refractivity contribution >= 4 is 12.1 Å². The van der Waals surface area contributed by atoms with Crippen molar-refractivity contribution < 1.29 is 28.6 Å². The lowest BCUT2D eigenvalue weighted by Gasteiger charge is -2.19. The largest absolute Gasteiger partial charge is 0.508 e. The SMILES string of the molecule is COC(=O)OC[C@@H](NC(=O)CCC[C@H](O)c1ccc(F)cc1)c1ccccc1. The fourth-order valence-electron chi connectivity index (χ4n) is 2.69. The molecule has 0 aliphatic heterocycles. The summed E-state index contributed by atoms with van der Waals surface area (Å²) >= 11 is 0. The molecule has 2 aromatic carbocycles. The van der Waals surface area contributed by atoms with Crippen molar-refractivity contribution in [2.75, 3.05) is 13.7 Å². The first-order valence-corrected chi connectivity index (χ1v) is 8.98. The summed E-state index contributed by atoms with van der Waals surface area (Å²) in [5, 5.41) is 13.0. The first-order chi connectivity index (χ1) is 13.5. The third kappa shape index (κ3) is 7.00. The molecule has 2 rings (SSSR count). The minimum atomic E-state index is -0.822. The van der Waals surface area contributed by atoms with E-state index in [0.29, 0.717) is 18.4 Å². The van der Waals surface area contributed by atoms with Crippen molar-refractivity contribution in [3.63, 3.8) is 0 Å². The molecule has 2 aromatic rings. The molecule has 0 unspecified atom stereocenters. The van der Waals surface area contributed by atoms with Gasteiger partial charge in [-0.3, -0.25) is 4.79 Å². The molecule has 0 fully saturated rings. The molecule has 0 aliphatic carbocycles. The van der Waals surface area contributed by atoms with E-state index in [1.165, 1.54) is 31.4 Å². The molecule has 0 saturated carbocycles. The molecule has 0 radical (unpaired) electrons. The van der Waals surface area contributed by atoms with Gasteiger partial charge in [0.1, 0.15) is 12.4 Å². The van der Waals surface area contributed by atoms with Crippen molar-refractivity contribution in [3.8, 4) is 0 Å². The van der Waals surface area contributed by atoms with E-state index in [1.54, 1.807) is 0 Å². The van der Waals surface area contributed by atoms with Gasteiger partial charge in [0, 0.05) is 6.42 Å². The molecular weight excluding hydrogens is 365 g/mol. The zero-order chi connectivity index (χ0) is 20.4. The minimum Gasteiger partial charge on any atom is -0.438 e. The van der Waals surface area contributed by atoms with Crippen molar-refractivity contribution in [2.45, 2.75) is 31.4 Å². The summed E-state index contributed by atoms with van der Waals surface area (Å²) in [5.41, 5.74) is 1.40. The Labute approximate surface area is 163 Å². The molecule has 6 nitrogen and oxygen atoms in total. The van der Waals surface area contributed by atoms with E-state index >= 15 is 0 Å². The number of ether oxygens (including phenoxy) is 2. The number of benzene rings is 2. The predicted octanol–water partition coefficient (Wildman–Crippen LogP) is 3.67. The molecular formula is C21H24FNO5. The van der Waals surface area contributed by atoms with Gasteiger partial charge < -0.3 is 19.9 Å². The van der Waals surface area contributed by atoms with E-state index < -0.39 is 18.3 Å². The smallest absolute Gasteiger partial charge is 0.438 e. The normalized spacial score (nSPS) is 12.7. The van der Waals surface area contributed by atoms with Gasteiger partial charge >= 0.3 is 6.16 Å². The van der Waals surface area contributed by atoms with Crippen LogP contribution in [0.25, 0.3) is 0 Å². The summed E-state index contributed by atoms with van der Waals surface area (Å²) in [7, 11) is 1.21. The van der Waals surface area contributed by atoms with E-state index in [1.807, 2.05) is 30.3 Å². The Hall–Kier alpha value is -2.93. The number of aliphatic hydroxyl groups is 1. The molecule has 1 amide bonds. The summed E-state index contributed by atoms with van der Waals surface area (Å²) in [6, 6.07) is 14.3. The van der Waals surface area contributed by atoms with Gasteiger partial charge in [0.05, 0.1) is 19.3 Å². The maximum atomic E-state index is 12.9. The summed E-state index contributed by atoms with van der Waals surface area (Å²) < 4.78 is 22.4. The van der Waals surface area contributed by atoms with Gasteiger partial charge in [0.15, 0.2) is 0 Å². The summed E-state index contributed by atoms with van der Waals surface area (Å²) in [4.78, 5) is 23.5. The molecule has 0 bridgehead atoms. The second kappa shape index (κ2) is 11.0. The van der Waals surface area contributed by atoms with E-state index in [0.717, 1.165) is 5.56 Å². The highest BCUT2D eigenvalue weighted by atomic mass is 19.1. The van der Waals surface area contributed by atoms with Gasteiger partial charge in [-0.2, -0.15) is 0 Å². The Balaban J connectivity index is 1.84. The van der Waals surface area contributed by atoms with Crippen LogP contribution in [0.15, 0.2) is 54.6 Å². The average molecular weight is 389 g/mol. The van der Waals surface area contributed by atoms with Crippen LogP contribution in [0.2, 0.25) is 0 Å². The Morgan fingerprint density at radius 1 is 1.07 bits per heavy atom. The number of rotatable bonds is 9. The molecule has 2 N–H and O–H groups in total. The van der Waals surface area contributed by atoms with Crippen molar-refractivity contribution in [1.82, 2.24) is 5.32 Å². The summed E-state index contributed by atoms with van der Waals surface area (Å²) in [6.45, 7) is -0.0549. The Kier molecular flexibility index (Phi) is 8.42. The van der Waals surface area contributed by atoms with Crippen molar-refractivity contribution in [2.24, 2.45) is 0 Å². The van der Waals surface area contributed by atoms with Gasteiger partial charge in [0.2, 0.25) is 5.91 Å². The zero-order valence-corrected chi connectivity index (χ0v) is 15.6. The van der Waals surface area contributed by atoms with E-state index in [4.69, 9.17) is 4.74 Å². The van der Waals surface area contributed by atoms with Crippen LogP contribution in [-0.2, 0) is 14.3 Å². The summed E-state index contributed by atoms with van der Waals surface area (Å²) in [5.74, 6) is -0.593. The molecule has 150 valence electrons. The van der Waals surface area contributed by atoms with Gasteiger partial charge in [-0.25, -0.2) is 9.18 Å². The fraction of sp³-hybridized carbons (Fsp3) is 0.333. The number of hydrogen-bond acceptors (Lipinski definition) is 5. The lowest BCUT2D eigenvalue weighted by Crippen LogP contribution is -2.32. The second-order valence-corrected chi connectivity index (χ2v) is 6.26. The molecule has 7 heteroatoms. The molecule has 0 spiro atoms. The maximum absolute atomic E-state index is 12.9. The first kappa shape index (κ1) is 21.4. The van der Waals surface area contributed by atoms with Crippen LogP contribution >= 0.6 is 0 Å². The molecule has 0 aromatic heterocycles. The van der Waals surface area contributed by atoms with Crippen molar-refractivity contribution in [1.29, 1.82) is 0 Å². The number of amides is 1. The zero-order valence-electron chi connectivity index (χ0n) is 15.6. The van der Waals surface area contributed by atoms with Crippen LogP contribution in [0.4, 0.5) is 9.18 Å². The van der Waals surface area contributed by atoms with Gasteiger partial charge in [-0.05, 0) is 36.1 Å². The quantitative estimate of drug-likeness (QED) is 0.639. The number of methoxy groups -OCH3 is 1. The van der Waals surface area contributed by atoms with E-state index in [9.17, 15) is 19.1 Å². The van der Waals surface area contributed by atoms with Crippen LogP contribution in [0.5, 0.6) is 0 Å². The fourth-order valence-corrected chi connectivity index (χ4v) is 2.69. The minimum absolute atomic E-state index is 0.0549. The van der Waals surface area contributed by atoms with Crippen LogP contribution in [0.1, 0.15) is 42.5 Å². The maximum Gasteiger partial charge on any atom is 0.508 e. The molecule has 0 aliphatic rings. The number of halogens is 1. The number of carbonyl (C=O) groups excluding carboxylic acids is 2. The predicted molar refractivity (Wildman–Crippen MR) is 101 cm³/mol. The third-order valence-corrected chi connectivity index (χ3v) is 4.21. The van der Waals surface area contributed by atoms with Gasteiger partial charge in [0.25, 0.3) is 0 Å². The van der Waals surface area contributed by atoms with Crippen LogP contribution in [0, 0.1) is 5.82 Å². The highest BCUT2D eigenvalue weighted by Gasteiger charge is 2.17. The lowest BCUT2D eigenvalue weighted by atomic mass is 10.0. The number of aliphatic hydroxyl groups excluding tert-OH is 1. The van der Waals surface area contributed by atoms with Crippen LogP contribution < -0.4 is 5.32 Å². The monoisotopic (exact) mass is 389 g/mol. The topological polar surface area (TPSA) is 84.9 Å². The van der Waals surface area contributed by atoms with Gasteiger partial charge in [-0.15, -0.1) is 0 Å². The van der Waals surface area contributed by atoms with Crippen LogP contribution in [-0.4, -0.2) is 30.9 Å². The molecule has 0 saturated heterocycles. The average Bonchev–Trinajstić information content (AvgIpc) is 2.71. The second-order valence-electron chi connectivity index (χ2n) is 6.26. The standard InChI is InChI=1S/C21H24FNO5/c1-27-21(26)28-14-18(15-6-3-2-4-7-15)23-20(25)9-5-8-19(24)16-10-12-17(22)13-11-16/h2-4,6-7,10-13,18-19,24H,5,8-9,14H2,1H3,(H,23,25)/t18-,19+/m1/s1. The highest BCUT2D eigenvalue weighted by Crippen LogP contribution is 2.20. The first-order valence-electron chi connectivity index (χ1n) is 8.98. The molecule has 2 atom stereocenters. The van der Waals surface area contributed by atoms with Gasteiger partial charge in [-0.1, -0.05) is 42.5 Å². The van der Waals surface area contributed by atoms with Crippen LogP contribution in [0.3, 0.4) is 0 Å². The highest BCUT2D eigenvalue weighted by molar-refractivity contribution is 5.76. The summed E-state index contributed by atoms with van der Waals surface area (Å²) in [6.07, 6.45) is -0.573. The third-order valence-electron chi connectivity index (χ3n) is 4.21. The Bertz CT molecular complexity index is 751. The Morgan fingerprint density at radius 2 is 1.75 bits per heavy atom. The number of nitrogens with one attached hydrogen (secondary N) is 1. The van der Waals surface area contributed by atoms with E-state index in [2.05, 4.69) is 10.1 Å². The number of carbonyl (C=O) groups is 2.